The molecule has 2 aliphatic carbocycles. The Hall–Kier alpha value is -2.40. The van der Waals surface area contributed by atoms with E-state index in [4.69, 9.17) is 0 Å². The van der Waals surface area contributed by atoms with Gasteiger partial charge in [0, 0.05) is 11.1 Å². The smallest absolute Gasteiger partial charge is 0.127 e. The van der Waals surface area contributed by atoms with Gasteiger partial charge in [0.15, 0.2) is 0 Å². The van der Waals surface area contributed by atoms with Gasteiger partial charge < -0.3 is 0 Å². The van der Waals surface area contributed by atoms with Crippen molar-refractivity contribution in [3.05, 3.63) is 82.4 Å². The molecule has 2 aromatic rings. The molecule has 0 spiro atoms. The van der Waals surface area contributed by atoms with Crippen LogP contribution in [0.4, 0.5) is 8.78 Å². The maximum atomic E-state index is 14.9. The molecule has 0 bridgehead atoms. The summed E-state index contributed by atoms with van der Waals surface area (Å²) in [6, 6.07) is 10.3. The van der Waals surface area contributed by atoms with Gasteiger partial charge in [-0.3, -0.25) is 0 Å². The zero-order valence-electron chi connectivity index (χ0n) is 17.9. The van der Waals surface area contributed by atoms with Crippen LogP contribution in [0.2, 0.25) is 0 Å². The van der Waals surface area contributed by atoms with E-state index in [2.05, 4.69) is 30.9 Å². The molecule has 0 radical (unpaired) electrons. The van der Waals surface area contributed by atoms with E-state index in [9.17, 15) is 8.78 Å². The molecule has 156 valence electrons. The summed E-state index contributed by atoms with van der Waals surface area (Å²) >= 11 is 0. The summed E-state index contributed by atoms with van der Waals surface area (Å²) in [6.07, 6.45) is 11.8. The average molecular weight is 405 g/mol. The Bertz CT molecular complexity index is 991. The van der Waals surface area contributed by atoms with Gasteiger partial charge in [-0.15, -0.1) is 0 Å². The van der Waals surface area contributed by atoms with E-state index < -0.39 is 0 Å². The fourth-order valence-corrected chi connectivity index (χ4v) is 5.41. The van der Waals surface area contributed by atoms with Crippen LogP contribution in [-0.4, -0.2) is 0 Å². The van der Waals surface area contributed by atoms with Crippen molar-refractivity contribution in [1.82, 2.24) is 0 Å². The highest BCUT2D eigenvalue weighted by molar-refractivity contribution is 5.45. The summed E-state index contributed by atoms with van der Waals surface area (Å²) in [5.74, 6) is 8.11. The highest BCUT2D eigenvalue weighted by Crippen LogP contribution is 2.48. The van der Waals surface area contributed by atoms with Crippen LogP contribution in [0.15, 0.2) is 48.6 Å². The van der Waals surface area contributed by atoms with Crippen LogP contribution < -0.4 is 0 Å². The first-order valence-electron chi connectivity index (χ1n) is 11.2. The lowest BCUT2D eigenvalue weighted by atomic mass is 9.64. The number of aryl methyl sites for hydroxylation is 1. The monoisotopic (exact) mass is 404 g/mol. The van der Waals surface area contributed by atoms with Crippen molar-refractivity contribution in [3.8, 4) is 11.8 Å². The van der Waals surface area contributed by atoms with Crippen molar-refractivity contribution in [1.29, 1.82) is 0 Å². The number of rotatable bonds is 2. The quantitative estimate of drug-likeness (QED) is 0.358. The molecule has 0 aliphatic heterocycles. The molecular weight excluding hydrogens is 374 g/mol. The Morgan fingerprint density at radius 1 is 0.833 bits per heavy atom. The van der Waals surface area contributed by atoms with Crippen molar-refractivity contribution >= 4 is 0 Å². The minimum atomic E-state index is -0.265. The minimum Gasteiger partial charge on any atom is -0.207 e. The maximum absolute atomic E-state index is 14.9. The molecule has 0 nitrogen and oxygen atoms in total. The standard InChI is InChI=1S/C28H30F2/c1-3-4-20-9-11-24-18-25(13-12-23(24)15-20)26-14-10-22(17-28(26)30)8-7-21-6-5-19(2)27(29)16-21/h3-6,10,14,16-17,20,23-25H,9,11-13,15,18H2,1-2H3/b4-3+. The van der Waals surface area contributed by atoms with Crippen molar-refractivity contribution < 1.29 is 8.78 Å². The van der Waals surface area contributed by atoms with E-state index in [1.807, 2.05) is 12.1 Å². The summed E-state index contributed by atoms with van der Waals surface area (Å²) in [6.45, 7) is 3.83. The molecule has 2 saturated carbocycles. The van der Waals surface area contributed by atoms with Gasteiger partial charge >= 0.3 is 0 Å². The van der Waals surface area contributed by atoms with Gasteiger partial charge in [-0.25, -0.2) is 8.78 Å². The Morgan fingerprint density at radius 2 is 1.50 bits per heavy atom. The van der Waals surface area contributed by atoms with E-state index in [-0.39, 0.29) is 11.6 Å². The molecule has 4 unspecified atom stereocenters. The predicted octanol–water partition coefficient (Wildman–Crippen LogP) is 7.55. The Morgan fingerprint density at radius 3 is 2.20 bits per heavy atom. The van der Waals surface area contributed by atoms with Gasteiger partial charge in [0.1, 0.15) is 11.6 Å². The fourth-order valence-electron chi connectivity index (χ4n) is 5.41. The molecular formula is C28H30F2. The first kappa shape index (κ1) is 20.9. The number of benzene rings is 2. The molecule has 0 saturated heterocycles. The van der Waals surface area contributed by atoms with Crippen molar-refractivity contribution in [3.63, 3.8) is 0 Å². The lowest BCUT2D eigenvalue weighted by Crippen LogP contribution is -2.30. The number of fused-ring (bicyclic) bond motifs is 1. The summed E-state index contributed by atoms with van der Waals surface area (Å²) in [7, 11) is 0. The number of hydrogen-bond donors (Lipinski definition) is 0. The third-order valence-corrected chi connectivity index (χ3v) is 7.08. The molecule has 4 atom stereocenters. The van der Waals surface area contributed by atoms with E-state index in [0.29, 0.717) is 22.6 Å². The van der Waals surface area contributed by atoms with Crippen molar-refractivity contribution in [2.24, 2.45) is 17.8 Å². The normalized spacial score (nSPS) is 26.1. The van der Waals surface area contributed by atoms with Crippen LogP contribution >= 0.6 is 0 Å². The molecule has 0 heterocycles. The van der Waals surface area contributed by atoms with Gasteiger partial charge in [0.2, 0.25) is 0 Å². The van der Waals surface area contributed by atoms with Gasteiger partial charge in [0.25, 0.3) is 0 Å². The molecule has 4 rings (SSSR count). The third-order valence-electron chi connectivity index (χ3n) is 7.08. The molecule has 2 aromatic carbocycles. The lowest BCUT2D eigenvalue weighted by molar-refractivity contribution is 0.132. The molecule has 2 heteroatoms. The molecule has 0 amide bonds. The van der Waals surface area contributed by atoms with E-state index in [1.54, 1.807) is 25.1 Å². The topological polar surface area (TPSA) is 0 Å². The minimum absolute atomic E-state index is 0.150. The molecule has 0 N–H and O–H groups in total. The van der Waals surface area contributed by atoms with Crippen LogP contribution in [0, 0.1) is 48.2 Å². The number of hydrogen-bond acceptors (Lipinski definition) is 0. The van der Waals surface area contributed by atoms with Gasteiger partial charge in [0.05, 0.1) is 0 Å². The summed E-state index contributed by atoms with van der Waals surface area (Å²) in [4.78, 5) is 0. The first-order chi connectivity index (χ1) is 14.5. The van der Waals surface area contributed by atoms with Gasteiger partial charge in [-0.2, -0.15) is 0 Å². The largest absolute Gasteiger partial charge is 0.207 e. The Balaban J connectivity index is 1.44. The average Bonchev–Trinajstić information content (AvgIpc) is 2.74. The van der Waals surface area contributed by atoms with E-state index in [1.165, 1.54) is 31.7 Å². The van der Waals surface area contributed by atoms with Crippen LogP contribution in [0.5, 0.6) is 0 Å². The van der Waals surface area contributed by atoms with Crippen molar-refractivity contribution in [2.45, 2.75) is 58.3 Å². The molecule has 0 aromatic heterocycles. The summed E-state index contributed by atoms with van der Waals surface area (Å²) < 4.78 is 28.6. The van der Waals surface area contributed by atoms with Crippen LogP contribution in [0.25, 0.3) is 0 Å². The number of allylic oxidation sites excluding steroid dienone is 2. The second kappa shape index (κ2) is 9.17. The van der Waals surface area contributed by atoms with Crippen LogP contribution in [-0.2, 0) is 0 Å². The summed E-state index contributed by atoms with van der Waals surface area (Å²) in [5.41, 5.74) is 2.68. The number of halogens is 2. The predicted molar refractivity (Wildman–Crippen MR) is 119 cm³/mol. The van der Waals surface area contributed by atoms with Gasteiger partial charge in [-0.1, -0.05) is 36.1 Å². The zero-order valence-corrected chi connectivity index (χ0v) is 17.9. The highest BCUT2D eigenvalue weighted by atomic mass is 19.1. The van der Waals surface area contributed by atoms with E-state index in [0.717, 1.165) is 36.2 Å². The summed E-state index contributed by atoms with van der Waals surface area (Å²) in [5, 5.41) is 0. The van der Waals surface area contributed by atoms with Gasteiger partial charge in [-0.05, 0) is 111 Å². The molecule has 2 aliphatic rings. The first-order valence-corrected chi connectivity index (χ1v) is 11.2. The van der Waals surface area contributed by atoms with E-state index >= 15 is 0 Å². The van der Waals surface area contributed by atoms with Crippen molar-refractivity contribution in [2.75, 3.05) is 0 Å². The molecule has 2 fully saturated rings. The Kier molecular flexibility index (Phi) is 6.38. The second-order valence-electron chi connectivity index (χ2n) is 9.08. The van der Waals surface area contributed by atoms with Crippen LogP contribution in [0.3, 0.4) is 0 Å². The zero-order chi connectivity index (χ0) is 21.1. The second-order valence-corrected chi connectivity index (χ2v) is 9.08. The third kappa shape index (κ3) is 4.67. The lowest BCUT2D eigenvalue weighted by Gasteiger charge is -2.41. The highest BCUT2D eigenvalue weighted by Gasteiger charge is 2.35. The van der Waals surface area contributed by atoms with Crippen LogP contribution in [0.1, 0.15) is 73.6 Å². The maximum Gasteiger partial charge on any atom is 0.127 e. The fraction of sp³-hybridized carbons (Fsp3) is 0.429. The SMILES string of the molecule is C/C=C/C1CCC2CC(c3ccc(C#Cc4ccc(C)c(F)c4)cc3F)CCC2C1. The Labute approximate surface area is 179 Å². The molecule has 30 heavy (non-hydrogen) atoms.